The Kier molecular flexibility index (Phi) is 3.72. The summed E-state index contributed by atoms with van der Waals surface area (Å²) >= 11 is 0. The van der Waals surface area contributed by atoms with Crippen LogP contribution in [0.1, 0.15) is 0 Å². The van der Waals surface area contributed by atoms with E-state index in [2.05, 4.69) is 30.1 Å². The third kappa shape index (κ3) is 2.96. The van der Waals surface area contributed by atoms with Crippen LogP contribution < -0.4 is 20.9 Å². The molecule has 7 nitrogen and oxygen atoms in total. The third-order valence-corrected chi connectivity index (χ3v) is 3.56. The lowest BCUT2D eigenvalue weighted by Gasteiger charge is -2.36. The van der Waals surface area contributed by atoms with Crippen LogP contribution in [0.15, 0.2) is 30.5 Å². The summed E-state index contributed by atoms with van der Waals surface area (Å²) in [6.45, 7) is 3.60. The molecule has 3 rings (SSSR count). The number of hydrogen-bond acceptors (Lipinski definition) is 7. The fraction of sp³-hybridized carbons (Fsp3) is 0.357. The first-order chi connectivity index (χ1) is 10.3. The Bertz CT molecular complexity index is 594. The van der Waals surface area contributed by atoms with Crippen molar-refractivity contribution in [2.75, 3.05) is 54.1 Å². The molecular formula is C14H19N7. The van der Waals surface area contributed by atoms with E-state index in [9.17, 15) is 0 Å². The lowest BCUT2D eigenvalue weighted by atomic mass is 10.3. The summed E-state index contributed by atoms with van der Waals surface area (Å²) in [7, 11) is 1.82. The number of hydrogen-bond donors (Lipinski definition) is 2. The highest BCUT2D eigenvalue weighted by Gasteiger charge is 2.19. The normalized spacial score (nSPS) is 15.1. The Morgan fingerprint density at radius 1 is 1.05 bits per heavy atom. The van der Waals surface area contributed by atoms with Crippen LogP contribution in [-0.4, -0.2) is 48.2 Å². The molecule has 0 radical (unpaired) electrons. The van der Waals surface area contributed by atoms with Gasteiger partial charge in [0.2, 0.25) is 5.95 Å². The van der Waals surface area contributed by atoms with Gasteiger partial charge in [-0.3, -0.25) is 0 Å². The fourth-order valence-electron chi connectivity index (χ4n) is 2.45. The molecule has 110 valence electrons. The first kappa shape index (κ1) is 13.4. The molecule has 0 atom stereocenters. The second-order valence-corrected chi connectivity index (χ2v) is 4.88. The maximum absolute atomic E-state index is 5.75. The zero-order valence-electron chi connectivity index (χ0n) is 12.0. The largest absolute Gasteiger partial charge is 0.373 e. The highest BCUT2D eigenvalue weighted by Crippen LogP contribution is 2.20. The van der Waals surface area contributed by atoms with E-state index in [-0.39, 0.29) is 0 Å². The molecule has 2 aromatic rings. The van der Waals surface area contributed by atoms with E-state index in [4.69, 9.17) is 5.73 Å². The van der Waals surface area contributed by atoms with E-state index in [1.807, 2.05) is 37.5 Å². The lowest BCUT2D eigenvalue weighted by Crippen LogP contribution is -2.47. The fourth-order valence-corrected chi connectivity index (χ4v) is 2.45. The standard InChI is InChI=1S/C14H19N7/c1-16-11-10-13(19-14(15)18-11)21-8-6-20(7-9-21)12-4-2-3-5-17-12/h2-5,10H,6-9H2,1H3,(H3,15,16,18,19). The highest BCUT2D eigenvalue weighted by atomic mass is 15.3. The van der Waals surface area contributed by atoms with Crippen LogP contribution in [0.4, 0.5) is 23.4 Å². The summed E-state index contributed by atoms with van der Waals surface area (Å²) in [6, 6.07) is 7.91. The molecule has 21 heavy (non-hydrogen) atoms. The van der Waals surface area contributed by atoms with Gasteiger partial charge in [-0.05, 0) is 12.1 Å². The Balaban J connectivity index is 1.70. The Morgan fingerprint density at radius 3 is 2.38 bits per heavy atom. The van der Waals surface area contributed by atoms with Crippen molar-refractivity contribution in [1.82, 2.24) is 15.0 Å². The predicted molar refractivity (Wildman–Crippen MR) is 84.7 cm³/mol. The molecule has 0 unspecified atom stereocenters. The summed E-state index contributed by atoms with van der Waals surface area (Å²) in [5.74, 6) is 2.93. The number of nitrogens with zero attached hydrogens (tertiary/aromatic N) is 5. The molecule has 0 aliphatic carbocycles. The highest BCUT2D eigenvalue weighted by molar-refractivity contribution is 5.53. The van der Waals surface area contributed by atoms with E-state index in [1.54, 1.807) is 0 Å². The van der Waals surface area contributed by atoms with Crippen molar-refractivity contribution >= 4 is 23.4 Å². The van der Waals surface area contributed by atoms with E-state index in [0.717, 1.165) is 43.6 Å². The molecule has 7 heteroatoms. The number of nitrogens with two attached hydrogens (primary N) is 1. The molecule has 3 N–H and O–H groups in total. The number of anilines is 4. The Hall–Kier alpha value is -2.57. The first-order valence-corrected chi connectivity index (χ1v) is 6.99. The van der Waals surface area contributed by atoms with Gasteiger partial charge in [0.25, 0.3) is 0 Å². The second-order valence-electron chi connectivity index (χ2n) is 4.88. The number of nitrogen functional groups attached to an aromatic ring is 1. The van der Waals surface area contributed by atoms with Gasteiger partial charge < -0.3 is 20.9 Å². The van der Waals surface area contributed by atoms with Crippen LogP contribution in [0.2, 0.25) is 0 Å². The quantitative estimate of drug-likeness (QED) is 0.864. The smallest absolute Gasteiger partial charge is 0.223 e. The molecule has 1 aliphatic rings. The van der Waals surface area contributed by atoms with Gasteiger partial charge in [-0.2, -0.15) is 9.97 Å². The minimum Gasteiger partial charge on any atom is -0.373 e. The van der Waals surface area contributed by atoms with Gasteiger partial charge in [0.15, 0.2) is 0 Å². The van der Waals surface area contributed by atoms with Crippen molar-refractivity contribution < 1.29 is 0 Å². The average Bonchev–Trinajstić information content (AvgIpc) is 2.55. The van der Waals surface area contributed by atoms with E-state index < -0.39 is 0 Å². The minimum atomic E-state index is 0.295. The van der Waals surface area contributed by atoms with Gasteiger partial charge in [0, 0.05) is 45.5 Å². The summed E-state index contributed by atoms with van der Waals surface area (Å²) in [4.78, 5) is 17.3. The van der Waals surface area contributed by atoms with Gasteiger partial charge >= 0.3 is 0 Å². The number of piperazine rings is 1. The molecule has 0 saturated carbocycles. The average molecular weight is 285 g/mol. The number of aromatic nitrogens is 3. The van der Waals surface area contributed by atoms with E-state index >= 15 is 0 Å². The summed E-state index contributed by atoms with van der Waals surface area (Å²) in [5, 5.41) is 3.00. The number of rotatable bonds is 3. The van der Waals surface area contributed by atoms with Gasteiger partial charge in [0.1, 0.15) is 17.5 Å². The maximum Gasteiger partial charge on any atom is 0.223 e. The van der Waals surface area contributed by atoms with Crippen molar-refractivity contribution in [2.24, 2.45) is 0 Å². The predicted octanol–water partition coefficient (Wildman–Crippen LogP) is 0.822. The van der Waals surface area contributed by atoms with Crippen LogP contribution >= 0.6 is 0 Å². The molecule has 1 saturated heterocycles. The number of pyridine rings is 1. The molecule has 0 amide bonds. The zero-order chi connectivity index (χ0) is 14.7. The SMILES string of the molecule is CNc1cc(N2CCN(c3ccccn3)CC2)nc(N)n1. The Labute approximate surface area is 123 Å². The molecule has 0 bridgehead atoms. The number of nitrogens with one attached hydrogen (secondary N) is 1. The van der Waals surface area contributed by atoms with Crippen molar-refractivity contribution in [2.45, 2.75) is 0 Å². The van der Waals surface area contributed by atoms with Crippen molar-refractivity contribution in [3.05, 3.63) is 30.5 Å². The monoisotopic (exact) mass is 285 g/mol. The van der Waals surface area contributed by atoms with Crippen LogP contribution in [0.25, 0.3) is 0 Å². The Morgan fingerprint density at radius 2 is 1.76 bits per heavy atom. The topological polar surface area (TPSA) is 83.2 Å². The van der Waals surface area contributed by atoms with E-state index in [1.165, 1.54) is 0 Å². The lowest BCUT2D eigenvalue weighted by molar-refractivity contribution is 0.641. The molecule has 1 aliphatic heterocycles. The van der Waals surface area contributed by atoms with Gasteiger partial charge in [-0.15, -0.1) is 0 Å². The van der Waals surface area contributed by atoms with E-state index in [0.29, 0.717) is 5.95 Å². The van der Waals surface area contributed by atoms with Crippen LogP contribution in [0, 0.1) is 0 Å². The second kappa shape index (κ2) is 5.82. The molecule has 0 aromatic carbocycles. The zero-order valence-corrected chi connectivity index (χ0v) is 12.0. The molecular weight excluding hydrogens is 266 g/mol. The van der Waals surface area contributed by atoms with Crippen molar-refractivity contribution in [3.8, 4) is 0 Å². The van der Waals surface area contributed by atoms with Crippen LogP contribution in [0.3, 0.4) is 0 Å². The van der Waals surface area contributed by atoms with Crippen molar-refractivity contribution in [1.29, 1.82) is 0 Å². The third-order valence-electron chi connectivity index (χ3n) is 3.56. The van der Waals surface area contributed by atoms with Crippen LogP contribution in [-0.2, 0) is 0 Å². The molecule has 0 spiro atoms. The van der Waals surface area contributed by atoms with Gasteiger partial charge in [0.05, 0.1) is 0 Å². The molecule has 2 aromatic heterocycles. The molecule has 1 fully saturated rings. The maximum atomic E-state index is 5.75. The summed E-state index contributed by atoms with van der Waals surface area (Å²) < 4.78 is 0. The van der Waals surface area contributed by atoms with Gasteiger partial charge in [-0.25, -0.2) is 4.98 Å². The molecule has 3 heterocycles. The first-order valence-electron chi connectivity index (χ1n) is 6.99. The minimum absolute atomic E-state index is 0.295. The summed E-state index contributed by atoms with van der Waals surface area (Å²) in [6.07, 6.45) is 1.83. The van der Waals surface area contributed by atoms with Crippen molar-refractivity contribution in [3.63, 3.8) is 0 Å². The summed E-state index contributed by atoms with van der Waals surface area (Å²) in [5.41, 5.74) is 5.75. The van der Waals surface area contributed by atoms with Crippen LogP contribution in [0.5, 0.6) is 0 Å². The van der Waals surface area contributed by atoms with Gasteiger partial charge in [-0.1, -0.05) is 6.07 Å².